The molecular formula is C23H32N6O4S2. The number of carbonyl (C=O) groups is 1. The van der Waals surface area contributed by atoms with Crippen LogP contribution in [0.1, 0.15) is 32.0 Å². The number of amides is 1. The maximum atomic E-state index is 12.8. The number of thiazole rings is 1. The lowest BCUT2D eigenvalue weighted by molar-refractivity contribution is 0.164. The largest absolute Gasteiger partial charge is 0.448 e. The summed E-state index contributed by atoms with van der Waals surface area (Å²) >= 11 is 1.55. The maximum absolute atomic E-state index is 12.8. The van der Waals surface area contributed by atoms with Gasteiger partial charge in [-0.3, -0.25) is 0 Å². The Balaban J connectivity index is 0.00000432. The number of aliphatic hydroxyl groups is 1. The minimum Gasteiger partial charge on any atom is -0.448 e. The van der Waals surface area contributed by atoms with Crippen LogP contribution in [0.2, 0.25) is 0 Å². The third-order valence-corrected chi connectivity index (χ3v) is 7.41. The van der Waals surface area contributed by atoms with Gasteiger partial charge in [0.15, 0.2) is 0 Å². The van der Waals surface area contributed by atoms with Gasteiger partial charge in [-0.1, -0.05) is 7.43 Å². The first kappa shape index (κ1) is 28.1. The molecule has 2 atom stereocenters. The first-order chi connectivity index (χ1) is 16.1. The van der Waals surface area contributed by atoms with Crippen LogP contribution in [0, 0.1) is 13.8 Å². The highest BCUT2D eigenvalue weighted by atomic mass is 32.2. The number of aromatic nitrogens is 3. The van der Waals surface area contributed by atoms with Crippen molar-refractivity contribution in [2.45, 2.75) is 46.1 Å². The molecule has 0 aliphatic carbocycles. The fraction of sp³-hybridized carbons (Fsp3) is 0.391. The van der Waals surface area contributed by atoms with Crippen LogP contribution >= 0.6 is 11.3 Å². The zero-order valence-electron chi connectivity index (χ0n) is 19.7. The molecule has 1 amide bonds. The van der Waals surface area contributed by atoms with Crippen LogP contribution in [0.3, 0.4) is 0 Å². The zero-order valence-corrected chi connectivity index (χ0v) is 21.3. The molecule has 2 aromatic heterocycles. The molecule has 0 fully saturated rings. The van der Waals surface area contributed by atoms with Crippen LogP contribution < -0.4 is 10.6 Å². The zero-order chi connectivity index (χ0) is 24.9. The molecule has 3 N–H and O–H groups in total. The van der Waals surface area contributed by atoms with Gasteiger partial charge in [0.2, 0.25) is 5.95 Å². The highest BCUT2D eigenvalue weighted by Gasteiger charge is 2.17. The third-order valence-electron chi connectivity index (χ3n) is 4.66. The highest BCUT2D eigenvalue weighted by Crippen LogP contribution is 2.34. The number of rotatable bonds is 8. The number of nitrogens with zero attached hydrogens (tertiary/aromatic N) is 4. The Bertz CT molecular complexity index is 1280. The summed E-state index contributed by atoms with van der Waals surface area (Å²) in [5.74, 6) is 0.920. The fourth-order valence-corrected chi connectivity index (χ4v) is 5.06. The van der Waals surface area contributed by atoms with Gasteiger partial charge >= 0.3 is 6.09 Å². The molecule has 1 unspecified atom stereocenters. The summed E-state index contributed by atoms with van der Waals surface area (Å²) < 4.78 is 21.2. The van der Waals surface area contributed by atoms with E-state index in [1.54, 1.807) is 48.7 Å². The van der Waals surface area contributed by atoms with Crippen molar-refractivity contribution in [3.63, 3.8) is 0 Å². The molecule has 0 aliphatic heterocycles. The Labute approximate surface area is 210 Å². The summed E-state index contributed by atoms with van der Waals surface area (Å²) in [4.78, 5) is 26.5. The van der Waals surface area contributed by atoms with Gasteiger partial charge in [0.25, 0.3) is 0 Å². The summed E-state index contributed by atoms with van der Waals surface area (Å²) in [6.45, 7) is 7.50. The number of nitrogens with one attached hydrogen (secondary N) is 2. The van der Waals surface area contributed by atoms with Gasteiger partial charge in [-0.15, -0.1) is 15.7 Å². The van der Waals surface area contributed by atoms with E-state index >= 15 is 0 Å². The molecule has 0 radical (unpaired) electrons. The van der Waals surface area contributed by atoms with E-state index in [-0.39, 0.29) is 26.7 Å². The summed E-state index contributed by atoms with van der Waals surface area (Å²) in [5.41, 5.74) is 2.35. The van der Waals surface area contributed by atoms with Gasteiger partial charge in [0, 0.05) is 29.1 Å². The van der Waals surface area contributed by atoms with E-state index in [4.69, 9.17) is 4.74 Å². The second-order valence-electron chi connectivity index (χ2n) is 7.57. The van der Waals surface area contributed by atoms with Crippen molar-refractivity contribution in [2.75, 3.05) is 30.1 Å². The summed E-state index contributed by atoms with van der Waals surface area (Å²) in [6.07, 6.45) is 2.25. The van der Waals surface area contributed by atoms with E-state index in [0.29, 0.717) is 22.3 Å². The van der Waals surface area contributed by atoms with Crippen LogP contribution in [-0.4, -0.2) is 55.9 Å². The van der Waals surface area contributed by atoms with Gasteiger partial charge in [0.05, 0.1) is 44.1 Å². The van der Waals surface area contributed by atoms with Crippen molar-refractivity contribution in [2.24, 2.45) is 4.36 Å². The number of carbonyl (C=O) groups excluding carboxylic acids is 1. The van der Waals surface area contributed by atoms with Crippen LogP contribution in [-0.2, 0) is 14.5 Å². The summed E-state index contributed by atoms with van der Waals surface area (Å²) in [5, 5.41) is 16.8. The van der Waals surface area contributed by atoms with Crippen molar-refractivity contribution < 1.29 is 18.8 Å². The number of aliphatic hydroxyl groups excluding tert-OH is 1. The topological polar surface area (TPSA) is 139 Å². The second kappa shape index (κ2) is 12.0. The van der Waals surface area contributed by atoms with Crippen LogP contribution in [0.25, 0.3) is 10.4 Å². The van der Waals surface area contributed by atoms with Crippen LogP contribution in [0.5, 0.6) is 0 Å². The predicted molar refractivity (Wildman–Crippen MR) is 141 cm³/mol. The second-order valence-corrected chi connectivity index (χ2v) is 11.0. The Morgan fingerprint density at radius 1 is 1.26 bits per heavy atom. The first-order valence-corrected chi connectivity index (χ1v) is 13.3. The van der Waals surface area contributed by atoms with E-state index in [2.05, 4.69) is 29.9 Å². The van der Waals surface area contributed by atoms with Crippen molar-refractivity contribution in [3.05, 3.63) is 41.2 Å². The molecule has 3 aromatic rings. The van der Waals surface area contributed by atoms with Crippen LogP contribution in [0.4, 0.5) is 22.2 Å². The normalized spacial score (nSPS) is 13.2. The van der Waals surface area contributed by atoms with Crippen molar-refractivity contribution in [1.29, 1.82) is 0 Å². The van der Waals surface area contributed by atoms with E-state index in [1.807, 2.05) is 20.8 Å². The molecule has 0 saturated heterocycles. The predicted octanol–water partition coefficient (Wildman–Crippen LogP) is 5.00. The van der Waals surface area contributed by atoms with Crippen molar-refractivity contribution in [1.82, 2.24) is 15.0 Å². The van der Waals surface area contributed by atoms with Gasteiger partial charge in [-0.2, -0.15) is 4.98 Å². The van der Waals surface area contributed by atoms with E-state index in [9.17, 15) is 14.1 Å². The van der Waals surface area contributed by atoms with E-state index in [1.165, 1.54) is 6.26 Å². The molecular weight excluding hydrogens is 488 g/mol. The van der Waals surface area contributed by atoms with Gasteiger partial charge in [0.1, 0.15) is 5.82 Å². The Hall–Kier alpha value is -3.09. The van der Waals surface area contributed by atoms with Gasteiger partial charge in [-0.05, 0) is 52.0 Å². The third kappa shape index (κ3) is 7.20. The molecule has 190 valence electrons. The number of aryl methyl sites for hydroxylation is 2. The minimum atomic E-state index is -2.93. The molecule has 35 heavy (non-hydrogen) atoms. The SMILES string of the molecule is C.CCOC(=O)N=S(C)(=O)c1ccc(Nc2ncc(-c3sc(C)nc3C)c(N[C@H](C)CO)n2)cc1. The molecule has 0 aliphatic rings. The summed E-state index contributed by atoms with van der Waals surface area (Å²) in [7, 11) is -2.93. The monoisotopic (exact) mass is 520 g/mol. The number of hydrogen-bond acceptors (Lipinski definition) is 10. The smallest absolute Gasteiger partial charge is 0.442 e. The van der Waals surface area contributed by atoms with Crippen LogP contribution in [0.15, 0.2) is 39.7 Å². The number of hydrogen-bond donors (Lipinski definition) is 3. The van der Waals surface area contributed by atoms with Gasteiger partial charge in [-0.25, -0.2) is 19.0 Å². The van der Waals surface area contributed by atoms with Gasteiger partial charge < -0.3 is 20.5 Å². The number of anilines is 3. The average molecular weight is 521 g/mol. The molecule has 0 bridgehead atoms. The molecule has 10 nitrogen and oxygen atoms in total. The standard InChI is InChI=1S/C22H28N6O4S2.CH4/c1-6-32-22(30)28-34(5,31)17-9-7-16(8-10-17)26-21-23-11-18(19-14(3)25-15(4)33-19)20(27-21)24-13(2)12-29;/h7-11,13,29H,6,12H2,1-5H3,(H2,23,24,26,27);1H4/t13-,34?;/m1./s1. The molecule has 12 heteroatoms. The molecule has 1 aromatic carbocycles. The quantitative estimate of drug-likeness (QED) is 0.374. The average Bonchev–Trinajstić information content (AvgIpc) is 3.11. The van der Waals surface area contributed by atoms with E-state index in [0.717, 1.165) is 21.1 Å². The number of ether oxygens (including phenoxy) is 1. The number of benzene rings is 1. The lowest BCUT2D eigenvalue weighted by Crippen LogP contribution is -2.21. The van der Waals surface area contributed by atoms with Crippen molar-refractivity contribution >= 4 is 44.6 Å². The Kier molecular flexibility index (Phi) is 9.69. The Morgan fingerprint density at radius 2 is 1.94 bits per heavy atom. The lowest BCUT2D eigenvalue weighted by atomic mass is 10.2. The molecule has 2 heterocycles. The van der Waals surface area contributed by atoms with E-state index < -0.39 is 15.8 Å². The first-order valence-electron chi connectivity index (χ1n) is 10.6. The molecule has 0 spiro atoms. The fourth-order valence-electron chi connectivity index (χ4n) is 3.04. The molecule has 3 rings (SSSR count). The molecule has 0 saturated carbocycles. The maximum Gasteiger partial charge on any atom is 0.442 e. The Morgan fingerprint density at radius 3 is 2.51 bits per heavy atom. The highest BCUT2D eigenvalue weighted by molar-refractivity contribution is 7.93. The van der Waals surface area contributed by atoms with Crippen molar-refractivity contribution in [3.8, 4) is 10.4 Å². The summed E-state index contributed by atoms with van der Waals surface area (Å²) in [6, 6.07) is 6.44. The lowest BCUT2D eigenvalue weighted by Gasteiger charge is -2.16. The minimum absolute atomic E-state index is 0.